The SMILES string of the molecule is CNC(C)C1CCCCN1C1CS(=O)(=O)CC1O. The number of hydrogen-bond donors (Lipinski definition) is 2. The van der Waals surface area contributed by atoms with Crippen LogP contribution in [0, 0.1) is 0 Å². The van der Waals surface area contributed by atoms with Gasteiger partial charge in [-0.25, -0.2) is 8.42 Å². The maximum Gasteiger partial charge on any atom is 0.154 e. The first-order chi connectivity index (χ1) is 8.44. The quantitative estimate of drug-likeness (QED) is 0.734. The Labute approximate surface area is 109 Å². The molecule has 0 amide bonds. The lowest BCUT2D eigenvalue weighted by molar-refractivity contribution is 0.0238. The molecule has 2 fully saturated rings. The third kappa shape index (κ3) is 2.87. The maximum atomic E-state index is 11.6. The van der Waals surface area contributed by atoms with Crippen molar-refractivity contribution in [3.63, 3.8) is 0 Å². The Balaban J connectivity index is 2.14. The molecule has 0 aromatic heterocycles. The van der Waals surface area contributed by atoms with Gasteiger partial charge in [0.25, 0.3) is 0 Å². The van der Waals surface area contributed by atoms with Gasteiger partial charge in [0.05, 0.1) is 23.7 Å². The first-order valence-corrected chi connectivity index (χ1v) is 8.58. The van der Waals surface area contributed by atoms with E-state index in [1.165, 1.54) is 6.42 Å². The fourth-order valence-electron chi connectivity index (χ4n) is 3.25. The molecule has 0 aromatic carbocycles. The van der Waals surface area contributed by atoms with Crippen molar-refractivity contribution >= 4 is 9.84 Å². The molecule has 6 heteroatoms. The summed E-state index contributed by atoms with van der Waals surface area (Å²) in [6.07, 6.45) is 2.63. The number of nitrogens with zero attached hydrogens (tertiary/aromatic N) is 1. The number of sulfone groups is 1. The summed E-state index contributed by atoms with van der Waals surface area (Å²) in [6.45, 7) is 3.02. The fraction of sp³-hybridized carbons (Fsp3) is 1.00. The molecule has 18 heavy (non-hydrogen) atoms. The Morgan fingerprint density at radius 3 is 2.61 bits per heavy atom. The second-order valence-electron chi connectivity index (χ2n) is 5.59. The molecule has 2 N–H and O–H groups in total. The number of aliphatic hydroxyl groups excluding tert-OH is 1. The zero-order valence-corrected chi connectivity index (χ0v) is 12.0. The Morgan fingerprint density at radius 2 is 2.06 bits per heavy atom. The van der Waals surface area contributed by atoms with E-state index >= 15 is 0 Å². The lowest BCUT2D eigenvalue weighted by Gasteiger charge is -2.43. The topological polar surface area (TPSA) is 69.6 Å². The zero-order chi connectivity index (χ0) is 13.3. The second kappa shape index (κ2) is 5.45. The van der Waals surface area contributed by atoms with Crippen molar-refractivity contribution in [1.29, 1.82) is 0 Å². The van der Waals surface area contributed by atoms with Gasteiger partial charge >= 0.3 is 0 Å². The van der Waals surface area contributed by atoms with E-state index in [-0.39, 0.29) is 17.5 Å². The monoisotopic (exact) mass is 276 g/mol. The van der Waals surface area contributed by atoms with E-state index in [9.17, 15) is 13.5 Å². The number of likely N-dealkylation sites (N-methyl/N-ethyl adjacent to an activating group) is 1. The smallest absolute Gasteiger partial charge is 0.154 e. The highest BCUT2D eigenvalue weighted by molar-refractivity contribution is 7.91. The Bertz CT molecular complexity index is 385. The van der Waals surface area contributed by atoms with Crippen LogP contribution in [0.2, 0.25) is 0 Å². The van der Waals surface area contributed by atoms with Crippen LogP contribution in [0.5, 0.6) is 0 Å². The zero-order valence-electron chi connectivity index (χ0n) is 11.2. The predicted octanol–water partition coefficient (Wildman–Crippen LogP) is -0.393. The summed E-state index contributed by atoms with van der Waals surface area (Å²) in [5.41, 5.74) is 0. The molecular formula is C12H24N2O3S. The van der Waals surface area contributed by atoms with Gasteiger partial charge in [-0.3, -0.25) is 4.90 Å². The highest BCUT2D eigenvalue weighted by atomic mass is 32.2. The number of rotatable bonds is 3. The highest BCUT2D eigenvalue weighted by Crippen LogP contribution is 2.27. The van der Waals surface area contributed by atoms with Crippen molar-refractivity contribution in [2.24, 2.45) is 0 Å². The molecule has 106 valence electrons. The molecule has 0 aromatic rings. The van der Waals surface area contributed by atoms with Crippen LogP contribution in [0.4, 0.5) is 0 Å². The number of piperidine rings is 1. The van der Waals surface area contributed by atoms with Crippen LogP contribution in [0.1, 0.15) is 26.2 Å². The minimum Gasteiger partial charge on any atom is -0.390 e. The van der Waals surface area contributed by atoms with Crippen LogP contribution in [-0.4, -0.2) is 67.8 Å². The van der Waals surface area contributed by atoms with Gasteiger partial charge in [0.15, 0.2) is 9.84 Å². The van der Waals surface area contributed by atoms with Crippen LogP contribution in [-0.2, 0) is 9.84 Å². The molecule has 2 aliphatic heterocycles. The van der Waals surface area contributed by atoms with Gasteiger partial charge in [0, 0.05) is 12.1 Å². The largest absolute Gasteiger partial charge is 0.390 e. The van der Waals surface area contributed by atoms with E-state index in [1.807, 2.05) is 7.05 Å². The molecule has 2 saturated heterocycles. The molecule has 0 aliphatic carbocycles. The van der Waals surface area contributed by atoms with E-state index in [0.717, 1.165) is 19.4 Å². The minimum absolute atomic E-state index is 0.0746. The van der Waals surface area contributed by atoms with Gasteiger partial charge in [-0.1, -0.05) is 6.42 Å². The average molecular weight is 276 g/mol. The van der Waals surface area contributed by atoms with Crippen molar-refractivity contribution in [3.05, 3.63) is 0 Å². The third-order valence-corrected chi connectivity index (χ3v) is 6.04. The Hall–Kier alpha value is -0.170. The summed E-state index contributed by atoms with van der Waals surface area (Å²) in [5, 5.41) is 13.3. The van der Waals surface area contributed by atoms with Crippen molar-refractivity contribution in [1.82, 2.24) is 10.2 Å². The average Bonchev–Trinajstić information content (AvgIpc) is 2.61. The molecule has 0 radical (unpaired) electrons. The van der Waals surface area contributed by atoms with Gasteiger partial charge in [-0.05, 0) is 33.4 Å². The lowest BCUT2D eigenvalue weighted by atomic mass is 9.94. The molecule has 0 bridgehead atoms. The molecule has 2 aliphatic rings. The van der Waals surface area contributed by atoms with Crippen molar-refractivity contribution in [2.45, 2.75) is 50.4 Å². The van der Waals surface area contributed by atoms with Crippen LogP contribution in [0.3, 0.4) is 0 Å². The van der Waals surface area contributed by atoms with Gasteiger partial charge in [0.2, 0.25) is 0 Å². The molecule has 0 spiro atoms. The lowest BCUT2D eigenvalue weighted by Crippen LogP contribution is -2.57. The molecule has 0 saturated carbocycles. The van der Waals surface area contributed by atoms with E-state index in [1.54, 1.807) is 0 Å². The fourth-order valence-corrected chi connectivity index (χ4v) is 5.06. The van der Waals surface area contributed by atoms with E-state index < -0.39 is 15.9 Å². The Morgan fingerprint density at radius 1 is 1.33 bits per heavy atom. The van der Waals surface area contributed by atoms with Crippen LogP contribution in [0.15, 0.2) is 0 Å². The third-order valence-electron chi connectivity index (χ3n) is 4.34. The van der Waals surface area contributed by atoms with Gasteiger partial charge < -0.3 is 10.4 Å². The van der Waals surface area contributed by atoms with E-state index in [2.05, 4.69) is 17.1 Å². The van der Waals surface area contributed by atoms with E-state index in [0.29, 0.717) is 12.1 Å². The van der Waals surface area contributed by atoms with Crippen molar-refractivity contribution in [3.8, 4) is 0 Å². The van der Waals surface area contributed by atoms with Crippen LogP contribution in [0.25, 0.3) is 0 Å². The first kappa shape index (κ1) is 14.2. The number of hydrogen-bond acceptors (Lipinski definition) is 5. The summed E-state index contributed by atoms with van der Waals surface area (Å²) in [4.78, 5) is 2.22. The maximum absolute atomic E-state index is 11.6. The van der Waals surface area contributed by atoms with Crippen LogP contribution < -0.4 is 5.32 Å². The Kier molecular flexibility index (Phi) is 4.31. The number of aliphatic hydroxyl groups is 1. The summed E-state index contributed by atoms with van der Waals surface area (Å²) in [6, 6.07) is 0.439. The van der Waals surface area contributed by atoms with Gasteiger partial charge in [-0.2, -0.15) is 0 Å². The summed E-state index contributed by atoms with van der Waals surface area (Å²) in [5.74, 6) is 0.0376. The van der Waals surface area contributed by atoms with Gasteiger partial charge in [-0.15, -0.1) is 0 Å². The normalized spacial score (nSPS) is 38.7. The van der Waals surface area contributed by atoms with Crippen molar-refractivity contribution in [2.75, 3.05) is 25.1 Å². The predicted molar refractivity (Wildman–Crippen MR) is 71.3 cm³/mol. The summed E-state index contributed by atoms with van der Waals surface area (Å²) in [7, 11) is -1.13. The highest BCUT2D eigenvalue weighted by Gasteiger charge is 2.43. The van der Waals surface area contributed by atoms with E-state index in [4.69, 9.17) is 0 Å². The second-order valence-corrected chi connectivity index (χ2v) is 7.74. The van der Waals surface area contributed by atoms with Crippen molar-refractivity contribution < 1.29 is 13.5 Å². The molecule has 5 nitrogen and oxygen atoms in total. The molecule has 2 rings (SSSR count). The van der Waals surface area contributed by atoms with Gasteiger partial charge in [0.1, 0.15) is 0 Å². The first-order valence-electron chi connectivity index (χ1n) is 6.76. The number of likely N-dealkylation sites (tertiary alicyclic amines) is 1. The molecular weight excluding hydrogens is 252 g/mol. The summed E-state index contributed by atoms with van der Waals surface area (Å²) >= 11 is 0. The standard InChI is InChI=1S/C12H24N2O3S/c1-9(13-2)10-5-3-4-6-14(10)11-7-18(16,17)8-12(11)15/h9-13,15H,3-8H2,1-2H3. The molecule has 4 unspecified atom stereocenters. The number of nitrogens with one attached hydrogen (secondary N) is 1. The summed E-state index contributed by atoms with van der Waals surface area (Å²) < 4.78 is 23.3. The minimum atomic E-state index is -3.06. The molecule has 2 heterocycles. The molecule has 4 atom stereocenters. The van der Waals surface area contributed by atoms with Crippen LogP contribution >= 0.6 is 0 Å².